The molecule has 0 atom stereocenters. The maximum absolute atomic E-state index is 12.7. The van der Waals surface area contributed by atoms with E-state index in [2.05, 4.69) is 9.97 Å². The summed E-state index contributed by atoms with van der Waals surface area (Å²) in [6.45, 7) is 1.47. The quantitative estimate of drug-likeness (QED) is 0.681. The van der Waals surface area contributed by atoms with Crippen LogP contribution in [0.3, 0.4) is 0 Å². The third-order valence-electron chi connectivity index (χ3n) is 3.02. The van der Waals surface area contributed by atoms with Crippen LogP contribution in [0.25, 0.3) is 0 Å². The number of nitrogens with zero attached hydrogens (tertiary/aromatic N) is 2. The molecule has 0 unspecified atom stereocenters. The number of aliphatic hydroxyl groups is 1. The van der Waals surface area contributed by atoms with Gasteiger partial charge in [0, 0.05) is 6.42 Å². The number of benzene rings is 1. The smallest absolute Gasteiger partial charge is 0.281 e. The van der Waals surface area contributed by atoms with Crippen LogP contribution < -0.4 is 10.0 Å². The molecule has 0 aliphatic rings. The van der Waals surface area contributed by atoms with Gasteiger partial charge in [-0.2, -0.15) is 8.42 Å². The maximum Gasteiger partial charge on any atom is 0.281 e. The van der Waals surface area contributed by atoms with Gasteiger partial charge in [-0.25, -0.2) is 4.98 Å². The standard InChI is InChI=1S/C13H18N4O3S/c1-2-12-15-9-13(16-12)21(19,20)17(7-8-18)11-6-4-3-5-10(11)14/h3-6,9,18H,2,7-8,14H2,1H3,(H,15,16). The van der Waals surface area contributed by atoms with Gasteiger partial charge >= 0.3 is 0 Å². The zero-order chi connectivity index (χ0) is 15.5. The number of rotatable bonds is 6. The van der Waals surface area contributed by atoms with E-state index < -0.39 is 10.0 Å². The number of nitrogens with two attached hydrogens (primary N) is 1. The number of nitrogens with one attached hydrogen (secondary N) is 1. The van der Waals surface area contributed by atoms with E-state index in [1.807, 2.05) is 6.92 Å². The average Bonchev–Trinajstić information content (AvgIpc) is 2.95. The van der Waals surface area contributed by atoms with E-state index in [9.17, 15) is 13.5 Å². The van der Waals surface area contributed by atoms with Crippen molar-refractivity contribution in [2.75, 3.05) is 23.2 Å². The Kier molecular flexibility index (Phi) is 4.49. The van der Waals surface area contributed by atoms with E-state index in [4.69, 9.17) is 5.73 Å². The molecule has 0 radical (unpaired) electrons. The Morgan fingerprint density at radius 1 is 1.38 bits per heavy atom. The first-order valence-electron chi connectivity index (χ1n) is 6.52. The van der Waals surface area contributed by atoms with Gasteiger partial charge in [0.05, 0.1) is 30.7 Å². The Bertz CT molecular complexity index is 712. The van der Waals surface area contributed by atoms with E-state index in [1.54, 1.807) is 24.3 Å². The Morgan fingerprint density at radius 2 is 2.10 bits per heavy atom. The number of aliphatic hydroxyl groups excluding tert-OH is 1. The molecule has 4 N–H and O–H groups in total. The van der Waals surface area contributed by atoms with E-state index in [0.29, 0.717) is 23.6 Å². The molecule has 0 saturated heterocycles. The predicted molar refractivity (Wildman–Crippen MR) is 80.4 cm³/mol. The summed E-state index contributed by atoms with van der Waals surface area (Å²) in [7, 11) is -3.85. The number of imidazole rings is 1. The third-order valence-corrected chi connectivity index (χ3v) is 4.74. The molecule has 1 aromatic heterocycles. The summed E-state index contributed by atoms with van der Waals surface area (Å²) in [6.07, 6.45) is 1.88. The van der Waals surface area contributed by atoms with Crippen molar-refractivity contribution >= 4 is 21.4 Å². The fourth-order valence-corrected chi connectivity index (χ4v) is 3.37. The summed E-state index contributed by atoms with van der Waals surface area (Å²) >= 11 is 0. The lowest BCUT2D eigenvalue weighted by molar-refractivity contribution is 0.306. The van der Waals surface area contributed by atoms with Gasteiger partial charge in [0.1, 0.15) is 5.82 Å². The molecule has 114 valence electrons. The van der Waals surface area contributed by atoms with Crippen molar-refractivity contribution < 1.29 is 13.5 Å². The van der Waals surface area contributed by atoms with Crippen molar-refractivity contribution in [1.82, 2.24) is 9.97 Å². The van der Waals surface area contributed by atoms with Crippen LogP contribution in [0.4, 0.5) is 11.4 Å². The molecule has 2 rings (SSSR count). The van der Waals surface area contributed by atoms with Gasteiger partial charge in [0.2, 0.25) is 0 Å². The highest BCUT2D eigenvalue weighted by Crippen LogP contribution is 2.27. The first-order chi connectivity index (χ1) is 10.0. The SMILES string of the molecule is CCc1ncc(S(=O)(=O)N(CCO)c2ccccc2N)[nH]1. The lowest BCUT2D eigenvalue weighted by Crippen LogP contribution is -2.34. The molecular formula is C13H18N4O3S. The zero-order valence-corrected chi connectivity index (χ0v) is 12.5. The van der Waals surface area contributed by atoms with Gasteiger partial charge in [-0.3, -0.25) is 4.31 Å². The topological polar surface area (TPSA) is 112 Å². The zero-order valence-electron chi connectivity index (χ0n) is 11.7. The van der Waals surface area contributed by atoms with Gasteiger partial charge in [-0.05, 0) is 12.1 Å². The first kappa shape index (κ1) is 15.3. The minimum Gasteiger partial charge on any atom is -0.397 e. The van der Waals surface area contributed by atoms with Crippen LogP contribution in [-0.4, -0.2) is 36.6 Å². The number of para-hydroxylation sites is 2. The van der Waals surface area contributed by atoms with Gasteiger partial charge in [0.15, 0.2) is 5.03 Å². The summed E-state index contributed by atoms with van der Waals surface area (Å²) < 4.78 is 26.5. The molecule has 0 aliphatic heterocycles. The van der Waals surface area contributed by atoms with Crippen LogP contribution in [0, 0.1) is 0 Å². The van der Waals surface area contributed by atoms with Crippen LogP contribution in [0.15, 0.2) is 35.5 Å². The highest BCUT2D eigenvalue weighted by Gasteiger charge is 2.27. The molecule has 0 amide bonds. The van der Waals surface area contributed by atoms with Crippen LogP contribution in [0.2, 0.25) is 0 Å². The summed E-state index contributed by atoms with van der Waals surface area (Å²) in [6, 6.07) is 6.61. The summed E-state index contributed by atoms with van der Waals surface area (Å²) in [5.74, 6) is 0.582. The van der Waals surface area contributed by atoms with E-state index in [0.717, 1.165) is 4.31 Å². The second-order valence-corrected chi connectivity index (χ2v) is 6.24. The Hall–Kier alpha value is -2.06. The van der Waals surface area contributed by atoms with Crippen molar-refractivity contribution in [1.29, 1.82) is 0 Å². The molecule has 1 heterocycles. The Balaban J connectivity index is 2.48. The molecule has 1 aromatic carbocycles. The van der Waals surface area contributed by atoms with Gasteiger partial charge < -0.3 is 15.8 Å². The number of aromatic nitrogens is 2. The second kappa shape index (κ2) is 6.15. The second-order valence-electron chi connectivity index (χ2n) is 4.41. The number of anilines is 2. The van der Waals surface area contributed by atoms with Gasteiger partial charge in [-0.15, -0.1) is 0 Å². The largest absolute Gasteiger partial charge is 0.397 e. The third kappa shape index (κ3) is 3.01. The molecule has 0 spiro atoms. The number of sulfonamides is 1. The summed E-state index contributed by atoms with van der Waals surface area (Å²) in [5.41, 5.74) is 6.50. The predicted octanol–water partition coefficient (Wildman–Crippen LogP) is 0.742. The van der Waals surface area contributed by atoms with E-state index in [1.165, 1.54) is 6.20 Å². The van der Waals surface area contributed by atoms with Crippen LogP contribution in [0.5, 0.6) is 0 Å². The minimum atomic E-state index is -3.85. The fourth-order valence-electron chi connectivity index (χ4n) is 1.95. The van der Waals surface area contributed by atoms with Crippen molar-refractivity contribution in [2.45, 2.75) is 18.4 Å². The molecule has 0 fully saturated rings. The maximum atomic E-state index is 12.7. The number of hydrogen-bond donors (Lipinski definition) is 3. The van der Waals surface area contributed by atoms with Crippen molar-refractivity contribution in [3.63, 3.8) is 0 Å². The summed E-state index contributed by atoms with van der Waals surface area (Å²) in [4.78, 5) is 6.77. The van der Waals surface area contributed by atoms with Gasteiger partial charge in [-0.1, -0.05) is 19.1 Å². The summed E-state index contributed by atoms with van der Waals surface area (Å²) in [5, 5.41) is 9.16. The molecular weight excluding hydrogens is 292 g/mol. The molecule has 7 nitrogen and oxygen atoms in total. The molecule has 0 saturated carbocycles. The number of H-pyrrole nitrogens is 1. The highest BCUT2D eigenvalue weighted by molar-refractivity contribution is 7.92. The van der Waals surface area contributed by atoms with E-state index in [-0.39, 0.29) is 18.2 Å². The lowest BCUT2D eigenvalue weighted by atomic mass is 10.3. The number of hydrogen-bond acceptors (Lipinski definition) is 5. The molecule has 8 heteroatoms. The van der Waals surface area contributed by atoms with Crippen LogP contribution >= 0.6 is 0 Å². The molecule has 0 aliphatic carbocycles. The van der Waals surface area contributed by atoms with Crippen LogP contribution in [0.1, 0.15) is 12.7 Å². The Morgan fingerprint density at radius 3 is 2.67 bits per heavy atom. The van der Waals surface area contributed by atoms with Crippen molar-refractivity contribution in [3.05, 3.63) is 36.3 Å². The molecule has 21 heavy (non-hydrogen) atoms. The number of aryl methyl sites for hydroxylation is 1. The number of nitrogen functional groups attached to an aromatic ring is 1. The number of aromatic amines is 1. The monoisotopic (exact) mass is 310 g/mol. The van der Waals surface area contributed by atoms with Crippen molar-refractivity contribution in [3.8, 4) is 0 Å². The molecule has 2 aromatic rings. The highest BCUT2D eigenvalue weighted by atomic mass is 32.2. The fraction of sp³-hybridized carbons (Fsp3) is 0.308. The first-order valence-corrected chi connectivity index (χ1v) is 7.96. The lowest BCUT2D eigenvalue weighted by Gasteiger charge is -2.24. The van der Waals surface area contributed by atoms with Crippen molar-refractivity contribution in [2.24, 2.45) is 0 Å². The van der Waals surface area contributed by atoms with E-state index >= 15 is 0 Å². The minimum absolute atomic E-state index is 0.0175. The van der Waals surface area contributed by atoms with Crippen LogP contribution in [-0.2, 0) is 16.4 Å². The normalized spacial score (nSPS) is 11.5. The molecule has 0 bridgehead atoms. The average molecular weight is 310 g/mol. The van der Waals surface area contributed by atoms with Gasteiger partial charge in [0.25, 0.3) is 10.0 Å². The Labute approximate surface area is 123 Å².